The van der Waals surface area contributed by atoms with Crippen LogP contribution in [0.4, 0.5) is 4.39 Å². The summed E-state index contributed by atoms with van der Waals surface area (Å²) in [4.78, 5) is 0. The minimum Gasteiger partial charge on any atom is -0.322 e. The Balaban J connectivity index is 2.25. The quantitative estimate of drug-likeness (QED) is 0.904. The van der Waals surface area contributed by atoms with Crippen LogP contribution in [-0.2, 0) is 19.4 Å². The Morgan fingerprint density at radius 2 is 2.10 bits per heavy atom. The second kappa shape index (κ2) is 6.50. The summed E-state index contributed by atoms with van der Waals surface area (Å²) in [5.41, 5.74) is 8.85. The minimum atomic E-state index is -0.258. The lowest BCUT2D eigenvalue weighted by molar-refractivity contribution is 0.549. The van der Waals surface area contributed by atoms with Crippen LogP contribution in [0.5, 0.6) is 0 Å². The van der Waals surface area contributed by atoms with Crippen molar-refractivity contribution in [1.82, 2.24) is 9.78 Å². The maximum atomic E-state index is 13.8. The molecule has 1 aromatic heterocycles. The Hall–Kier alpha value is -1.20. The summed E-state index contributed by atoms with van der Waals surface area (Å²) in [5, 5.41) is 4.48. The van der Waals surface area contributed by atoms with E-state index in [0.717, 1.165) is 28.8 Å². The molecule has 0 bridgehead atoms. The number of benzene rings is 1. The molecule has 0 aliphatic rings. The van der Waals surface area contributed by atoms with Crippen molar-refractivity contribution in [2.75, 3.05) is 0 Å². The first kappa shape index (κ1) is 15.2. The van der Waals surface area contributed by atoms with Gasteiger partial charge in [-0.2, -0.15) is 5.10 Å². The third-order valence-electron chi connectivity index (χ3n) is 3.35. The van der Waals surface area contributed by atoms with Gasteiger partial charge in [-0.25, -0.2) is 4.39 Å². The van der Waals surface area contributed by atoms with Crippen LogP contribution in [0.15, 0.2) is 28.7 Å². The number of nitrogens with two attached hydrogens (primary N) is 1. The van der Waals surface area contributed by atoms with E-state index in [-0.39, 0.29) is 11.9 Å². The third-order valence-corrected chi connectivity index (χ3v) is 3.84. The van der Waals surface area contributed by atoms with Gasteiger partial charge in [0.2, 0.25) is 0 Å². The molecule has 0 saturated carbocycles. The van der Waals surface area contributed by atoms with Gasteiger partial charge in [-0.1, -0.05) is 22.9 Å². The molecule has 20 heavy (non-hydrogen) atoms. The lowest BCUT2D eigenvalue weighted by Crippen LogP contribution is -2.18. The largest absolute Gasteiger partial charge is 0.322 e. The molecule has 2 N–H and O–H groups in total. The summed E-state index contributed by atoms with van der Waals surface area (Å²) in [6, 6.07) is 6.69. The van der Waals surface area contributed by atoms with Crippen LogP contribution in [0.1, 0.15) is 36.8 Å². The predicted octanol–water partition coefficient (Wildman–Crippen LogP) is 3.61. The van der Waals surface area contributed by atoms with E-state index in [0.29, 0.717) is 12.0 Å². The number of nitrogens with zero attached hydrogens (tertiary/aromatic N) is 2. The maximum absolute atomic E-state index is 13.8. The van der Waals surface area contributed by atoms with E-state index < -0.39 is 0 Å². The van der Waals surface area contributed by atoms with Crippen molar-refractivity contribution in [2.24, 2.45) is 5.73 Å². The van der Waals surface area contributed by atoms with Crippen LogP contribution in [0, 0.1) is 5.82 Å². The number of rotatable bonds is 5. The highest BCUT2D eigenvalue weighted by atomic mass is 79.9. The molecular formula is C15H19BrFN3. The van der Waals surface area contributed by atoms with Crippen molar-refractivity contribution in [2.45, 2.75) is 39.3 Å². The molecule has 108 valence electrons. The molecule has 5 heteroatoms. The minimum absolute atomic E-state index is 0.220. The average Bonchev–Trinajstić information content (AvgIpc) is 2.86. The van der Waals surface area contributed by atoms with E-state index in [1.807, 2.05) is 17.7 Å². The van der Waals surface area contributed by atoms with E-state index in [1.165, 1.54) is 6.07 Å². The highest BCUT2D eigenvalue weighted by molar-refractivity contribution is 9.10. The monoisotopic (exact) mass is 339 g/mol. The van der Waals surface area contributed by atoms with Gasteiger partial charge in [0.1, 0.15) is 5.82 Å². The summed E-state index contributed by atoms with van der Waals surface area (Å²) < 4.78 is 16.6. The molecule has 0 spiro atoms. The Kier molecular flexibility index (Phi) is 4.94. The Morgan fingerprint density at radius 3 is 2.75 bits per heavy atom. The maximum Gasteiger partial charge on any atom is 0.126 e. The van der Waals surface area contributed by atoms with Gasteiger partial charge in [-0.05, 0) is 49.6 Å². The van der Waals surface area contributed by atoms with Crippen LogP contribution < -0.4 is 5.73 Å². The molecule has 2 aromatic rings. The lowest BCUT2D eigenvalue weighted by atomic mass is 10.0. The van der Waals surface area contributed by atoms with E-state index in [9.17, 15) is 4.39 Å². The molecular weight excluding hydrogens is 321 g/mol. The van der Waals surface area contributed by atoms with Gasteiger partial charge in [0.05, 0.1) is 17.4 Å². The second-order valence-electron chi connectivity index (χ2n) is 4.78. The Bertz CT molecular complexity index is 595. The standard InChI is InChI=1S/C15H19BrFN3/c1-3-12-9-15(20(4-2)19-12)14(18)8-10-7-11(16)5-6-13(10)17/h5-7,9,14H,3-4,8,18H2,1-2H3. The van der Waals surface area contributed by atoms with Gasteiger partial charge in [-0.15, -0.1) is 0 Å². The van der Waals surface area contributed by atoms with Gasteiger partial charge in [0.25, 0.3) is 0 Å². The molecule has 0 saturated heterocycles. The number of aromatic nitrogens is 2. The van der Waals surface area contributed by atoms with Crippen LogP contribution in [0.3, 0.4) is 0 Å². The molecule has 0 aliphatic carbocycles. The number of hydrogen-bond donors (Lipinski definition) is 1. The predicted molar refractivity (Wildman–Crippen MR) is 82.0 cm³/mol. The molecule has 2 rings (SSSR count). The van der Waals surface area contributed by atoms with E-state index in [4.69, 9.17) is 5.73 Å². The van der Waals surface area contributed by atoms with Gasteiger partial charge < -0.3 is 5.73 Å². The fourth-order valence-corrected chi connectivity index (χ4v) is 2.66. The van der Waals surface area contributed by atoms with Crippen LogP contribution in [-0.4, -0.2) is 9.78 Å². The van der Waals surface area contributed by atoms with Crippen molar-refractivity contribution < 1.29 is 4.39 Å². The van der Waals surface area contributed by atoms with Crippen LogP contribution in [0.25, 0.3) is 0 Å². The first-order chi connectivity index (χ1) is 9.55. The molecule has 1 atom stereocenters. The second-order valence-corrected chi connectivity index (χ2v) is 5.69. The van der Waals surface area contributed by atoms with E-state index >= 15 is 0 Å². The van der Waals surface area contributed by atoms with Crippen molar-refractivity contribution in [3.05, 3.63) is 51.5 Å². The summed E-state index contributed by atoms with van der Waals surface area (Å²) in [5.74, 6) is -0.220. The zero-order chi connectivity index (χ0) is 14.7. The van der Waals surface area contributed by atoms with Crippen LogP contribution >= 0.6 is 15.9 Å². The highest BCUT2D eigenvalue weighted by Crippen LogP contribution is 2.22. The summed E-state index contributed by atoms with van der Waals surface area (Å²) >= 11 is 3.36. The van der Waals surface area contributed by atoms with E-state index in [1.54, 1.807) is 12.1 Å². The molecule has 1 unspecified atom stereocenters. The zero-order valence-corrected chi connectivity index (χ0v) is 13.3. The van der Waals surface area contributed by atoms with Crippen molar-refractivity contribution in [3.63, 3.8) is 0 Å². The molecule has 0 amide bonds. The highest BCUT2D eigenvalue weighted by Gasteiger charge is 2.16. The third kappa shape index (κ3) is 3.27. The van der Waals surface area contributed by atoms with Crippen LogP contribution in [0.2, 0.25) is 0 Å². The van der Waals surface area contributed by atoms with Crippen molar-refractivity contribution >= 4 is 15.9 Å². The average molecular weight is 340 g/mol. The first-order valence-corrected chi connectivity index (χ1v) is 7.60. The first-order valence-electron chi connectivity index (χ1n) is 6.81. The SMILES string of the molecule is CCc1cc(C(N)Cc2cc(Br)ccc2F)n(CC)n1. The molecule has 3 nitrogen and oxygen atoms in total. The smallest absolute Gasteiger partial charge is 0.126 e. The number of halogens is 2. The van der Waals surface area contributed by atoms with Gasteiger partial charge in [0.15, 0.2) is 0 Å². The van der Waals surface area contributed by atoms with Crippen molar-refractivity contribution in [1.29, 1.82) is 0 Å². The summed E-state index contributed by atoms with van der Waals surface area (Å²) in [6.07, 6.45) is 1.33. The number of hydrogen-bond acceptors (Lipinski definition) is 2. The van der Waals surface area contributed by atoms with Crippen molar-refractivity contribution in [3.8, 4) is 0 Å². The molecule has 0 fully saturated rings. The Morgan fingerprint density at radius 1 is 1.35 bits per heavy atom. The topological polar surface area (TPSA) is 43.8 Å². The van der Waals surface area contributed by atoms with Gasteiger partial charge in [0, 0.05) is 11.0 Å². The fraction of sp³-hybridized carbons (Fsp3) is 0.400. The number of aryl methyl sites for hydroxylation is 2. The lowest BCUT2D eigenvalue weighted by Gasteiger charge is -2.14. The molecule has 1 aromatic carbocycles. The van der Waals surface area contributed by atoms with Gasteiger partial charge in [-0.3, -0.25) is 4.68 Å². The summed E-state index contributed by atoms with van der Waals surface area (Å²) in [7, 11) is 0. The summed E-state index contributed by atoms with van der Waals surface area (Å²) in [6.45, 7) is 4.86. The Labute approximate surface area is 127 Å². The molecule has 1 heterocycles. The normalized spacial score (nSPS) is 12.7. The molecule has 0 radical (unpaired) electrons. The fourth-order valence-electron chi connectivity index (χ4n) is 2.25. The van der Waals surface area contributed by atoms with Gasteiger partial charge >= 0.3 is 0 Å². The van der Waals surface area contributed by atoms with E-state index in [2.05, 4.69) is 28.0 Å². The molecule has 0 aliphatic heterocycles. The zero-order valence-electron chi connectivity index (χ0n) is 11.7.